The van der Waals surface area contributed by atoms with Crippen LogP contribution in [0.5, 0.6) is 0 Å². The summed E-state index contributed by atoms with van der Waals surface area (Å²) in [6.07, 6.45) is 2.86. The molecule has 0 spiro atoms. The van der Waals surface area contributed by atoms with E-state index in [4.69, 9.17) is 17.3 Å². The molecule has 1 aromatic carbocycles. The highest BCUT2D eigenvalue weighted by Gasteiger charge is 2.26. The fourth-order valence-corrected chi connectivity index (χ4v) is 3.18. The van der Waals surface area contributed by atoms with Crippen LogP contribution in [0, 0.1) is 18.7 Å². The summed E-state index contributed by atoms with van der Waals surface area (Å²) in [6.45, 7) is 6.57. The summed E-state index contributed by atoms with van der Waals surface area (Å²) in [6, 6.07) is 4.35. The average Bonchev–Trinajstić information content (AvgIpc) is 2.85. The number of benzene rings is 1. The number of halogens is 2. The van der Waals surface area contributed by atoms with Crippen LogP contribution in [0.2, 0.25) is 5.15 Å². The SMILES string of the molecule is Cc1nn(CC(C)C)c(Cl)c1/C=C/C(=O)N(C)C(C(N)=O)c1cccc(F)c1. The summed E-state index contributed by atoms with van der Waals surface area (Å²) in [7, 11) is 1.43. The van der Waals surface area contributed by atoms with Gasteiger partial charge in [-0.1, -0.05) is 37.6 Å². The van der Waals surface area contributed by atoms with E-state index in [0.717, 1.165) is 4.90 Å². The highest BCUT2D eigenvalue weighted by molar-refractivity contribution is 6.31. The van der Waals surface area contributed by atoms with Gasteiger partial charge in [-0.15, -0.1) is 0 Å². The van der Waals surface area contributed by atoms with Crippen molar-refractivity contribution in [3.05, 3.63) is 58.1 Å². The molecule has 2 N–H and O–H groups in total. The Bertz CT molecular complexity index is 908. The van der Waals surface area contributed by atoms with Gasteiger partial charge < -0.3 is 10.6 Å². The van der Waals surface area contributed by atoms with Crippen molar-refractivity contribution < 1.29 is 14.0 Å². The van der Waals surface area contributed by atoms with E-state index in [-0.39, 0.29) is 0 Å². The Morgan fingerprint density at radius 2 is 2.07 bits per heavy atom. The number of aromatic nitrogens is 2. The number of hydrogen-bond donors (Lipinski definition) is 1. The lowest BCUT2D eigenvalue weighted by molar-refractivity contribution is -0.134. The molecule has 0 saturated carbocycles. The molecule has 0 radical (unpaired) electrons. The minimum absolute atomic E-state index is 0.302. The van der Waals surface area contributed by atoms with Crippen molar-refractivity contribution in [2.24, 2.45) is 11.7 Å². The van der Waals surface area contributed by atoms with Gasteiger partial charge in [-0.3, -0.25) is 14.3 Å². The first kappa shape index (κ1) is 21.6. The molecule has 0 saturated heterocycles. The Morgan fingerprint density at radius 3 is 2.64 bits per heavy atom. The lowest BCUT2D eigenvalue weighted by atomic mass is 10.0. The predicted molar refractivity (Wildman–Crippen MR) is 107 cm³/mol. The summed E-state index contributed by atoms with van der Waals surface area (Å²) in [5.41, 5.74) is 7.07. The maximum atomic E-state index is 13.5. The van der Waals surface area contributed by atoms with Crippen LogP contribution in [0.15, 0.2) is 30.3 Å². The molecular formula is C20H24ClFN4O2. The number of aryl methyl sites for hydroxylation is 1. The molecule has 1 heterocycles. The maximum absolute atomic E-state index is 13.5. The number of likely N-dealkylation sites (N-methyl/N-ethyl adjacent to an activating group) is 1. The summed E-state index contributed by atoms with van der Waals surface area (Å²) >= 11 is 6.37. The van der Waals surface area contributed by atoms with Crippen molar-refractivity contribution in [2.75, 3.05) is 7.05 Å². The van der Waals surface area contributed by atoms with E-state index in [1.807, 2.05) is 0 Å². The van der Waals surface area contributed by atoms with Crippen LogP contribution >= 0.6 is 11.6 Å². The molecule has 2 rings (SSSR count). The number of nitrogens with two attached hydrogens (primary N) is 1. The zero-order chi connectivity index (χ0) is 21.0. The fraction of sp³-hybridized carbons (Fsp3) is 0.350. The standard InChI is InChI=1S/C20H24ClFN4O2/c1-12(2)11-26-19(21)16(13(3)24-26)8-9-17(27)25(4)18(20(23)28)14-6-5-7-15(22)10-14/h5-10,12,18H,11H2,1-4H3,(H2,23,28)/b9-8+. The topological polar surface area (TPSA) is 81.2 Å². The number of rotatable bonds is 7. The summed E-state index contributed by atoms with van der Waals surface area (Å²) in [5, 5.41) is 4.83. The van der Waals surface area contributed by atoms with Crippen LogP contribution in [-0.4, -0.2) is 33.5 Å². The Balaban J connectivity index is 2.25. The molecule has 2 aromatic rings. The molecule has 2 amide bonds. The molecular weight excluding hydrogens is 383 g/mol. The molecule has 0 fully saturated rings. The van der Waals surface area contributed by atoms with Crippen molar-refractivity contribution in [2.45, 2.75) is 33.4 Å². The van der Waals surface area contributed by atoms with Gasteiger partial charge in [0, 0.05) is 25.2 Å². The van der Waals surface area contributed by atoms with Crippen molar-refractivity contribution >= 4 is 29.5 Å². The summed E-state index contributed by atoms with van der Waals surface area (Å²) in [4.78, 5) is 25.7. The van der Waals surface area contributed by atoms with Crippen molar-refractivity contribution in [3.63, 3.8) is 0 Å². The lowest BCUT2D eigenvalue weighted by Gasteiger charge is -2.25. The molecule has 28 heavy (non-hydrogen) atoms. The quantitative estimate of drug-likeness (QED) is 0.716. The van der Waals surface area contributed by atoms with Crippen LogP contribution in [0.25, 0.3) is 6.08 Å². The van der Waals surface area contributed by atoms with E-state index >= 15 is 0 Å². The van der Waals surface area contributed by atoms with E-state index in [2.05, 4.69) is 18.9 Å². The minimum atomic E-state index is -1.09. The number of carbonyl (C=O) groups is 2. The molecule has 0 aliphatic rings. The number of hydrogen-bond acceptors (Lipinski definition) is 3. The van der Waals surface area contributed by atoms with E-state index in [1.54, 1.807) is 23.7 Å². The van der Waals surface area contributed by atoms with Gasteiger partial charge in [0.05, 0.1) is 5.69 Å². The summed E-state index contributed by atoms with van der Waals surface area (Å²) < 4.78 is 15.2. The van der Waals surface area contributed by atoms with Crippen molar-refractivity contribution in [1.82, 2.24) is 14.7 Å². The maximum Gasteiger partial charge on any atom is 0.247 e. The third kappa shape index (κ3) is 4.98. The molecule has 6 nitrogen and oxygen atoms in total. The second-order valence-corrected chi connectivity index (χ2v) is 7.37. The smallest absolute Gasteiger partial charge is 0.247 e. The first-order chi connectivity index (χ1) is 13.1. The van der Waals surface area contributed by atoms with Gasteiger partial charge >= 0.3 is 0 Å². The van der Waals surface area contributed by atoms with Gasteiger partial charge in [0.1, 0.15) is 17.0 Å². The van der Waals surface area contributed by atoms with E-state index < -0.39 is 23.7 Å². The zero-order valence-electron chi connectivity index (χ0n) is 16.3. The molecule has 0 aliphatic carbocycles. The average molecular weight is 407 g/mol. The van der Waals surface area contributed by atoms with Gasteiger partial charge in [-0.2, -0.15) is 5.10 Å². The second kappa shape index (κ2) is 9.01. The van der Waals surface area contributed by atoms with Crippen LogP contribution in [0.4, 0.5) is 4.39 Å². The Morgan fingerprint density at radius 1 is 1.39 bits per heavy atom. The van der Waals surface area contributed by atoms with Crippen LogP contribution < -0.4 is 5.73 Å². The number of primary amides is 1. The largest absolute Gasteiger partial charge is 0.368 e. The Labute approximate surface area is 168 Å². The van der Waals surface area contributed by atoms with Crippen molar-refractivity contribution in [3.8, 4) is 0 Å². The van der Waals surface area contributed by atoms with Crippen molar-refractivity contribution in [1.29, 1.82) is 0 Å². The molecule has 8 heteroatoms. The number of amides is 2. The van der Waals surface area contributed by atoms with E-state index in [9.17, 15) is 14.0 Å². The highest BCUT2D eigenvalue weighted by Crippen LogP contribution is 2.24. The molecule has 1 unspecified atom stereocenters. The predicted octanol–water partition coefficient (Wildman–Crippen LogP) is 3.34. The van der Waals surface area contributed by atoms with Crippen LogP contribution in [0.1, 0.15) is 36.7 Å². The molecule has 1 atom stereocenters. The molecule has 0 aliphatic heterocycles. The third-order valence-corrected chi connectivity index (χ3v) is 4.61. The van der Waals surface area contributed by atoms with E-state index in [0.29, 0.717) is 34.4 Å². The van der Waals surface area contributed by atoms with Crippen LogP contribution in [-0.2, 0) is 16.1 Å². The number of carbonyl (C=O) groups excluding carboxylic acids is 2. The van der Waals surface area contributed by atoms with E-state index in [1.165, 1.54) is 31.3 Å². The Kier molecular flexibility index (Phi) is 6.96. The molecule has 0 bridgehead atoms. The molecule has 1 aromatic heterocycles. The first-order valence-corrected chi connectivity index (χ1v) is 9.22. The monoisotopic (exact) mass is 406 g/mol. The zero-order valence-corrected chi connectivity index (χ0v) is 17.1. The number of nitrogens with zero attached hydrogens (tertiary/aromatic N) is 3. The fourth-order valence-electron chi connectivity index (χ4n) is 2.88. The van der Waals surface area contributed by atoms with Gasteiger partial charge in [-0.05, 0) is 36.6 Å². The third-order valence-electron chi connectivity index (χ3n) is 4.21. The van der Waals surface area contributed by atoms with Gasteiger partial charge in [0.15, 0.2) is 0 Å². The van der Waals surface area contributed by atoms with Gasteiger partial charge in [0.2, 0.25) is 11.8 Å². The van der Waals surface area contributed by atoms with Gasteiger partial charge in [0.25, 0.3) is 0 Å². The minimum Gasteiger partial charge on any atom is -0.368 e. The second-order valence-electron chi connectivity index (χ2n) is 7.01. The van der Waals surface area contributed by atoms with Gasteiger partial charge in [-0.25, -0.2) is 4.39 Å². The Hall–Kier alpha value is -2.67. The summed E-state index contributed by atoms with van der Waals surface area (Å²) in [5.74, 6) is -1.38. The lowest BCUT2D eigenvalue weighted by Crippen LogP contribution is -2.38. The normalized spacial score (nSPS) is 12.5. The van der Waals surface area contributed by atoms with Crippen LogP contribution in [0.3, 0.4) is 0 Å². The first-order valence-electron chi connectivity index (χ1n) is 8.84. The molecule has 150 valence electrons. The highest BCUT2D eigenvalue weighted by atomic mass is 35.5.